The first-order valence-electron chi connectivity index (χ1n) is 5.63. The molecule has 2 aromatic carbocycles. The predicted molar refractivity (Wildman–Crippen MR) is 73.0 cm³/mol. The van der Waals surface area contributed by atoms with E-state index in [0.29, 0.717) is 5.02 Å². The number of halogens is 1. The second kappa shape index (κ2) is 5.23. The lowest BCUT2D eigenvalue weighted by molar-refractivity contribution is -0.136. The zero-order valence-electron chi connectivity index (χ0n) is 9.98. The van der Waals surface area contributed by atoms with E-state index in [1.807, 2.05) is 43.3 Å². The molecule has 0 saturated carbocycles. The van der Waals surface area contributed by atoms with Gasteiger partial charge in [-0.3, -0.25) is 4.79 Å². The third kappa shape index (κ3) is 2.90. The van der Waals surface area contributed by atoms with Crippen molar-refractivity contribution in [3.8, 4) is 11.1 Å². The zero-order chi connectivity index (χ0) is 13.1. The number of carboxylic acid groups (broad SMARTS) is 1. The predicted octanol–water partition coefficient (Wildman–Crippen LogP) is 3.94. The maximum atomic E-state index is 10.7. The van der Waals surface area contributed by atoms with Crippen LogP contribution in [0, 0.1) is 6.92 Å². The fraction of sp³-hybridized carbons (Fsp3) is 0.133. The summed E-state index contributed by atoms with van der Waals surface area (Å²) in [5, 5.41) is 9.48. The summed E-state index contributed by atoms with van der Waals surface area (Å²) >= 11 is 6.21. The van der Waals surface area contributed by atoms with Gasteiger partial charge in [0.1, 0.15) is 0 Å². The van der Waals surface area contributed by atoms with Crippen molar-refractivity contribution in [2.75, 3.05) is 0 Å². The highest BCUT2D eigenvalue weighted by molar-refractivity contribution is 6.33. The van der Waals surface area contributed by atoms with Gasteiger partial charge < -0.3 is 5.11 Å². The summed E-state index contributed by atoms with van der Waals surface area (Å²) in [6.07, 6.45) is 0.0251. The molecular formula is C15H13ClO2. The summed E-state index contributed by atoms with van der Waals surface area (Å²) in [5.74, 6) is -0.831. The van der Waals surface area contributed by atoms with Crippen LogP contribution in [-0.2, 0) is 11.2 Å². The quantitative estimate of drug-likeness (QED) is 0.908. The van der Waals surface area contributed by atoms with Crippen molar-refractivity contribution < 1.29 is 9.90 Å². The SMILES string of the molecule is Cc1ccc(-c2cccc(CC(=O)O)c2)c(Cl)c1. The molecule has 0 heterocycles. The van der Waals surface area contributed by atoms with Crippen molar-refractivity contribution >= 4 is 17.6 Å². The first-order valence-corrected chi connectivity index (χ1v) is 6.01. The fourth-order valence-electron chi connectivity index (χ4n) is 1.88. The third-order valence-electron chi connectivity index (χ3n) is 2.72. The fourth-order valence-corrected chi connectivity index (χ4v) is 2.22. The first-order chi connectivity index (χ1) is 8.56. The van der Waals surface area contributed by atoms with Crippen LogP contribution in [0.25, 0.3) is 11.1 Å². The van der Waals surface area contributed by atoms with Crippen LogP contribution in [0.3, 0.4) is 0 Å². The normalized spacial score (nSPS) is 10.3. The number of hydrogen-bond donors (Lipinski definition) is 1. The standard InChI is InChI=1S/C15H13ClO2/c1-10-5-6-13(14(16)7-10)12-4-2-3-11(8-12)9-15(17)18/h2-8H,9H2,1H3,(H,17,18). The summed E-state index contributed by atoms with van der Waals surface area (Å²) in [6, 6.07) is 13.3. The van der Waals surface area contributed by atoms with Gasteiger partial charge in [0.15, 0.2) is 0 Å². The molecule has 0 aliphatic heterocycles. The second-order valence-electron chi connectivity index (χ2n) is 4.25. The minimum Gasteiger partial charge on any atom is -0.481 e. The molecule has 3 heteroatoms. The topological polar surface area (TPSA) is 37.3 Å². The van der Waals surface area contributed by atoms with Crippen LogP contribution in [0.1, 0.15) is 11.1 Å². The lowest BCUT2D eigenvalue weighted by Crippen LogP contribution is -1.99. The molecule has 92 valence electrons. The van der Waals surface area contributed by atoms with Gasteiger partial charge in [0.05, 0.1) is 6.42 Å². The van der Waals surface area contributed by atoms with Crippen molar-refractivity contribution in [2.45, 2.75) is 13.3 Å². The van der Waals surface area contributed by atoms with Crippen LogP contribution in [-0.4, -0.2) is 11.1 Å². The van der Waals surface area contributed by atoms with Gasteiger partial charge >= 0.3 is 5.97 Å². The van der Waals surface area contributed by atoms with E-state index in [9.17, 15) is 4.79 Å². The maximum absolute atomic E-state index is 10.7. The highest BCUT2D eigenvalue weighted by Gasteiger charge is 2.06. The van der Waals surface area contributed by atoms with Crippen LogP contribution >= 0.6 is 11.6 Å². The molecule has 0 atom stereocenters. The molecule has 0 saturated heterocycles. The minimum atomic E-state index is -0.831. The van der Waals surface area contributed by atoms with E-state index in [1.165, 1.54) is 0 Å². The zero-order valence-corrected chi connectivity index (χ0v) is 10.7. The molecule has 2 rings (SSSR count). The van der Waals surface area contributed by atoms with Gasteiger partial charge in [0.2, 0.25) is 0 Å². The molecule has 1 N–H and O–H groups in total. The third-order valence-corrected chi connectivity index (χ3v) is 3.03. The summed E-state index contributed by atoms with van der Waals surface area (Å²) in [5.41, 5.74) is 3.75. The van der Waals surface area contributed by atoms with Crippen molar-refractivity contribution in [1.29, 1.82) is 0 Å². The van der Waals surface area contributed by atoms with Crippen molar-refractivity contribution in [3.05, 3.63) is 58.6 Å². The average molecular weight is 261 g/mol. The Labute approximate surface area is 111 Å². The largest absolute Gasteiger partial charge is 0.481 e. The maximum Gasteiger partial charge on any atom is 0.307 e. The van der Waals surface area contributed by atoms with E-state index in [-0.39, 0.29) is 6.42 Å². The van der Waals surface area contributed by atoms with Gasteiger partial charge in [-0.1, -0.05) is 48.0 Å². The Bertz CT molecular complexity index is 591. The highest BCUT2D eigenvalue weighted by Crippen LogP contribution is 2.29. The Hall–Kier alpha value is -1.80. The Morgan fingerprint density at radius 2 is 2.00 bits per heavy atom. The second-order valence-corrected chi connectivity index (χ2v) is 4.66. The van der Waals surface area contributed by atoms with Gasteiger partial charge in [0, 0.05) is 10.6 Å². The molecule has 0 spiro atoms. The van der Waals surface area contributed by atoms with E-state index in [0.717, 1.165) is 22.3 Å². The average Bonchev–Trinajstić information content (AvgIpc) is 2.28. The van der Waals surface area contributed by atoms with E-state index in [4.69, 9.17) is 16.7 Å². The van der Waals surface area contributed by atoms with E-state index < -0.39 is 5.97 Å². The number of carbonyl (C=O) groups is 1. The number of aryl methyl sites for hydroxylation is 1. The van der Waals surface area contributed by atoms with Crippen molar-refractivity contribution in [2.24, 2.45) is 0 Å². The molecule has 0 fully saturated rings. The van der Waals surface area contributed by atoms with Gasteiger partial charge in [0.25, 0.3) is 0 Å². The Balaban J connectivity index is 2.41. The smallest absolute Gasteiger partial charge is 0.307 e. The molecule has 0 bridgehead atoms. The molecule has 0 unspecified atom stereocenters. The van der Waals surface area contributed by atoms with Crippen LogP contribution in [0.4, 0.5) is 0 Å². The number of benzene rings is 2. The molecule has 0 radical (unpaired) electrons. The molecule has 18 heavy (non-hydrogen) atoms. The monoisotopic (exact) mass is 260 g/mol. The summed E-state index contributed by atoms with van der Waals surface area (Å²) in [7, 11) is 0. The molecule has 0 aliphatic rings. The Kier molecular flexibility index (Phi) is 3.68. The lowest BCUT2D eigenvalue weighted by atomic mass is 10.0. The van der Waals surface area contributed by atoms with Crippen LogP contribution in [0.2, 0.25) is 5.02 Å². The van der Waals surface area contributed by atoms with Gasteiger partial charge in [-0.2, -0.15) is 0 Å². The molecule has 2 aromatic rings. The molecule has 0 amide bonds. The number of aliphatic carboxylic acids is 1. The van der Waals surface area contributed by atoms with E-state index in [1.54, 1.807) is 6.07 Å². The number of hydrogen-bond acceptors (Lipinski definition) is 1. The van der Waals surface area contributed by atoms with Crippen molar-refractivity contribution in [3.63, 3.8) is 0 Å². The summed E-state index contributed by atoms with van der Waals surface area (Å²) < 4.78 is 0. The van der Waals surface area contributed by atoms with E-state index in [2.05, 4.69) is 0 Å². The molecule has 0 aliphatic carbocycles. The van der Waals surface area contributed by atoms with Crippen molar-refractivity contribution in [1.82, 2.24) is 0 Å². The van der Waals surface area contributed by atoms with Crippen LogP contribution in [0.15, 0.2) is 42.5 Å². The van der Waals surface area contributed by atoms with Crippen LogP contribution in [0.5, 0.6) is 0 Å². The van der Waals surface area contributed by atoms with Crippen LogP contribution < -0.4 is 0 Å². The summed E-state index contributed by atoms with van der Waals surface area (Å²) in [4.78, 5) is 10.7. The molecule has 2 nitrogen and oxygen atoms in total. The Morgan fingerprint density at radius 1 is 1.22 bits per heavy atom. The summed E-state index contributed by atoms with van der Waals surface area (Å²) in [6.45, 7) is 1.98. The minimum absolute atomic E-state index is 0.0251. The lowest BCUT2D eigenvalue weighted by Gasteiger charge is -2.07. The number of rotatable bonds is 3. The first kappa shape index (κ1) is 12.7. The molecule has 0 aromatic heterocycles. The van der Waals surface area contributed by atoms with Gasteiger partial charge in [-0.05, 0) is 29.7 Å². The van der Waals surface area contributed by atoms with E-state index >= 15 is 0 Å². The van der Waals surface area contributed by atoms with Gasteiger partial charge in [-0.15, -0.1) is 0 Å². The molecular weight excluding hydrogens is 248 g/mol. The number of carboxylic acids is 1. The highest BCUT2D eigenvalue weighted by atomic mass is 35.5. The van der Waals surface area contributed by atoms with Gasteiger partial charge in [-0.25, -0.2) is 0 Å². The Morgan fingerprint density at radius 3 is 2.67 bits per heavy atom.